The van der Waals surface area contributed by atoms with E-state index in [0.717, 1.165) is 25.6 Å². The molecule has 1 aliphatic rings. The molecule has 0 unspecified atom stereocenters. The fourth-order valence-electron chi connectivity index (χ4n) is 1.59. The normalized spacial score (nSPS) is 17.6. The summed E-state index contributed by atoms with van der Waals surface area (Å²) >= 11 is 0. The molecule has 1 N–H and O–H groups in total. The van der Waals surface area contributed by atoms with E-state index in [0.29, 0.717) is 12.1 Å². The number of nitrogens with zero attached hydrogens (tertiary/aromatic N) is 1. The standard InChI is InChI=1S/C10H12F2N2/c11-9-2-3-10(12)8(6-9)7-14-5-1-4-13-14/h2-3,6,13H,1,4-5,7H2. The molecule has 0 bridgehead atoms. The van der Waals surface area contributed by atoms with Gasteiger partial charge in [0.1, 0.15) is 11.6 Å². The van der Waals surface area contributed by atoms with E-state index in [-0.39, 0.29) is 11.6 Å². The lowest BCUT2D eigenvalue weighted by molar-refractivity contribution is 0.240. The van der Waals surface area contributed by atoms with Gasteiger partial charge in [-0.1, -0.05) is 0 Å². The maximum Gasteiger partial charge on any atom is 0.127 e. The quantitative estimate of drug-likeness (QED) is 0.777. The van der Waals surface area contributed by atoms with Crippen molar-refractivity contribution in [1.82, 2.24) is 10.4 Å². The van der Waals surface area contributed by atoms with E-state index < -0.39 is 0 Å². The summed E-state index contributed by atoms with van der Waals surface area (Å²) in [6, 6.07) is 3.55. The van der Waals surface area contributed by atoms with Crippen LogP contribution in [-0.4, -0.2) is 18.1 Å². The molecule has 2 rings (SSSR count). The van der Waals surface area contributed by atoms with Crippen LogP contribution in [0, 0.1) is 11.6 Å². The SMILES string of the molecule is Fc1ccc(F)c(CN2CCCN2)c1. The third-order valence-corrected chi connectivity index (χ3v) is 2.31. The van der Waals surface area contributed by atoms with Gasteiger partial charge in [0.15, 0.2) is 0 Å². The summed E-state index contributed by atoms with van der Waals surface area (Å²) in [5.74, 6) is -0.735. The molecule has 1 saturated heterocycles. The van der Waals surface area contributed by atoms with Gasteiger partial charge in [-0.15, -0.1) is 0 Å². The third kappa shape index (κ3) is 2.08. The zero-order chi connectivity index (χ0) is 9.97. The highest BCUT2D eigenvalue weighted by molar-refractivity contribution is 5.18. The van der Waals surface area contributed by atoms with Gasteiger partial charge < -0.3 is 0 Å². The molecule has 0 atom stereocenters. The Morgan fingerprint density at radius 1 is 1.36 bits per heavy atom. The van der Waals surface area contributed by atoms with Crippen molar-refractivity contribution in [2.45, 2.75) is 13.0 Å². The Labute approximate surface area is 81.5 Å². The molecule has 1 fully saturated rings. The van der Waals surface area contributed by atoms with Gasteiger partial charge in [-0.3, -0.25) is 5.43 Å². The van der Waals surface area contributed by atoms with Crippen LogP contribution in [0.25, 0.3) is 0 Å². The van der Waals surface area contributed by atoms with Crippen LogP contribution in [-0.2, 0) is 6.54 Å². The lowest BCUT2D eigenvalue weighted by Crippen LogP contribution is -2.30. The molecule has 0 radical (unpaired) electrons. The summed E-state index contributed by atoms with van der Waals surface area (Å²) in [7, 11) is 0. The Balaban J connectivity index is 2.10. The van der Waals surface area contributed by atoms with Crippen molar-refractivity contribution in [3.8, 4) is 0 Å². The lowest BCUT2D eigenvalue weighted by Gasteiger charge is -2.15. The largest absolute Gasteiger partial charge is 0.255 e. The minimum absolute atomic E-state index is 0.347. The van der Waals surface area contributed by atoms with Crippen LogP contribution in [0.5, 0.6) is 0 Å². The minimum Gasteiger partial charge on any atom is -0.255 e. The van der Waals surface area contributed by atoms with Gasteiger partial charge in [-0.05, 0) is 24.6 Å². The van der Waals surface area contributed by atoms with E-state index in [1.165, 1.54) is 12.1 Å². The fraction of sp³-hybridized carbons (Fsp3) is 0.400. The second-order valence-corrected chi connectivity index (χ2v) is 3.42. The average molecular weight is 198 g/mol. The number of halogens is 2. The molecular weight excluding hydrogens is 186 g/mol. The predicted molar refractivity (Wildman–Crippen MR) is 49.4 cm³/mol. The van der Waals surface area contributed by atoms with E-state index >= 15 is 0 Å². The summed E-state index contributed by atoms with van der Waals surface area (Å²) < 4.78 is 26.0. The van der Waals surface area contributed by atoms with Gasteiger partial charge in [0, 0.05) is 25.2 Å². The van der Waals surface area contributed by atoms with Crippen molar-refractivity contribution in [3.63, 3.8) is 0 Å². The van der Waals surface area contributed by atoms with Crippen LogP contribution in [0.15, 0.2) is 18.2 Å². The van der Waals surface area contributed by atoms with Crippen LogP contribution in [0.2, 0.25) is 0 Å². The van der Waals surface area contributed by atoms with Crippen LogP contribution in [0.3, 0.4) is 0 Å². The van der Waals surface area contributed by atoms with Crippen LogP contribution in [0.1, 0.15) is 12.0 Å². The number of hydrogen-bond acceptors (Lipinski definition) is 2. The topological polar surface area (TPSA) is 15.3 Å². The zero-order valence-corrected chi connectivity index (χ0v) is 7.76. The van der Waals surface area contributed by atoms with E-state index in [9.17, 15) is 8.78 Å². The Morgan fingerprint density at radius 3 is 2.93 bits per heavy atom. The second-order valence-electron chi connectivity index (χ2n) is 3.42. The molecule has 0 amide bonds. The van der Waals surface area contributed by atoms with E-state index in [4.69, 9.17) is 0 Å². The first kappa shape index (κ1) is 9.55. The third-order valence-electron chi connectivity index (χ3n) is 2.31. The molecule has 1 aromatic rings. The number of nitrogens with one attached hydrogen (secondary N) is 1. The molecule has 76 valence electrons. The maximum atomic E-state index is 13.2. The van der Waals surface area contributed by atoms with Gasteiger partial charge in [0.2, 0.25) is 0 Å². The maximum absolute atomic E-state index is 13.2. The molecular formula is C10H12F2N2. The van der Waals surface area contributed by atoms with Gasteiger partial charge in [-0.25, -0.2) is 13.8 Å². The van der Waals surface area contributed by atoms with Gasteiger partial charge in [0.25, 0.3) is 0 Å². The Kier molecular flexibility index (Phi) is 2.74. The zero-order valence-electron chi connectivity index (χ0n) is 7.76. The summed E-state index contributed by atoms with van der Waals surface area (Å²) in [5, 5.41) is 1.90. The van der Waals surface area contributed by atoms with Gasteiger partial charge in [-0.2, -0.15) is 0 Å². The number of hydrazine groups is 1. The van der Waals surface area contributed by atoms with Crippen molar-refractivity contribution >= 4 is 0 Å². The molecule has 0 aromatic heterocycles. The summed E-state index contributed by atoms with van der Waals surface area (Å²) in [6.45, 7) is 2.22. The first-order valence-electron chi connectivity index (χ1n) is 4.68. The molecule has 0 aliphatic carbocycles. The van der Waals surface area contributed by atoms with E-state index in [1.54, 1.807) is 0 Å². The van der Waals surface area contributed by atoms with Crippen molar-refractivity contribution in [3.05, 3.63) is 35.4 Å². The van der Waals surface area contributed by atoms with Crippen LogP contribution in [0.4, 0.5) is 8.78 Å². The second kappa shape index (κ2) is 4.02. The molecule has 14 heavy (non-hydrogen) atoms. The van der Waals surface area contributed by atoms with Crippen molar-refractivity contribution in [2.24, 2.45) is 0 Å². The smallest absolute Gasteiger partial charge is 0.127 e. The molecule has 2 nitrogen and oxygen atoms in total. The predicted octanol–water partition coefficient (Wildman–Crippen LogP) is 1.68. The Morgan fingerprint density at radius 2 is 2.21 bits per heavy atom. The minimum atomic E-state index is -0.388. The first-order chi connectivity index (χ1) is 6.75. The summed E-state index contributed by atoms with van der Waals surface area (Å²) in [4.78, 5) is 0. The van der Waals surface area contributed by atoms with E-state index in [1.807, 2.05) is 5.01 Å². The number of rotatable bonds is 2. The van der Waals surface area contributed by atoms with Gasteiger partial charge in [0.05, 0.1) is 0 Å². The highest BCUT2D eigenvalue weighted by atomic mass is 19.1. The van der Waals surface area contributed by atoms with Crippen molar-refractivity contribution < 1.29 is 8.78 Å². The monoisotopic (exact) mass is 198 g/mol. The van der Waals surface area contributed by atoms with Gasteiger partial charge >= 0.3 is 0 Å². The van der Waals surface area contributed by atoms with E-state index in [2.05, 4.69) is 5.43 Å². The van der Waals surface area contributed by atoms with Crippen LogP contribution >= 0.6 is 0 Å². The Bertz CT molecular complexity index is 322. The number of hydrogen-bond donors (Lipinski definition) is 1. The fourth-order valence-corrected chi connectivity index (χ4v) is 1.59. The molecule has 1 aromatic carbocycles. The van der Waals surface area contributed by atoms with Crippen molar-refractivity contribution in [1.29, 1.82) is 0 Å². The lowest BCUT2D eigenvalue weighted by atomic mass is 10.2. The van der Waals surface area contributed by atoms with Crippen LogP contribution < -0.4 is 5.43 Å². The van der Waals surface area contributed by atoms with Crippen molar-refractivity contribution in [2.75, 3.05) is 13.1 Å². The molecule has 1 heterocycles. The molecule has 0 spiro atoms. The highest BCUT2D eigenvalue weighted by Gasteiger charge is 2.13. The first-order valence-corrected chi connectivity index (χ1v) is 4.68. The molecule has 4 heteroatoms. The summed E-state index contributed by atoms with van der Waals surface area (Å²) in [5.41, 5.74) is 3.50. The summed E-state index contributed by atoms with van der Waals surface area (Å²) in [6.07, 6.45) is 1.05. The highest BCUT2D eigenvalue weighted by Crippen LogP contribution is 2.12. The average Bonchev–Trinajstić information content (AvgIpc) is 2.64. The molecule has 0 saturated carbocycles. The molecule has 1 aliphatic heterocycles. The number of benzene rings is 1. The Hall–Kier alpha value is -1.00.